The number of ether oxygens (including phenoxy) is 1. The van der Waals surface area contributed by atoms with Crippen LogP contribution in [0.1, 0.15) is 40.0 Å². The van der Waals surface area contributed by atoms with Crippen LogP contribution in [-0.2, 0) is 0 Å². The molecule has 21 heavy (non-hydrogen) atoms. The summed E-state index contributed by atoms with van der Waals surface area (Å²) >= 11 is 5.91. The third-order valence-corrected chi connectivity index (χ3v) is 4.75. The first kappa shape index (κ1) is 16.6. The van der Waals surface area contributed by atoms with Crippen molar-refractivity contribution < 1.29 is 4.74 Å². The fourth-order valence-corrected chi connectivity index (χ4v) is 3.80. The quantitative estimate of drug-likeness (QED) is 0.817. The molecule has 1 fully saturated rings. The normalized spacial score (nSPS) is 27.3. The van der Waals surface area contributed by atoms with Gasteiger partial charge in [0.2, 0.25) is 0 Å². The van der Waals surface area contributed by atoms with Gasteiger partial charge in [0.15, 0.2) is 0 Å². The molecule has 1 aromatic rings. The van der Waals surface area contributed by atoms with Crippen LogP contribution in [0, 0.1) is 17.8 Å². The topological polar surface area (TPSA) is 21.3 Å². The molecular formula is C18H28ClNO. The van der Waals surface area contributed by atoms with Crippen molar-refractivity contribution in [2.45, 2.75) is 46.1 Å². The summed E-state index contributed by atoms with van der Waals surface area (Å²) in [5.41, 5.74) is 0. The van der Waals surface area contributed by atoms with E-state index in [-0.39, 0.29) is 0 Å². The van der Waals surface area contributed by atoms with E-state index >= 15 is 0 Å². The van der Waals surface area contributed by atoms with Crippen LogP contribution in [0.15, 0.2) is 24.3 Å². The summed E-state index contributed by atoms with van der Waals surface area (Å²) in [7, 11) is 0. The first-order valence-electron chi connectivity index (χ1n) is 8.20. The van der Waals surface area contributed by atoms with Gasteiger partial charge in [0.1, 0.15) is 12.4 Å². The van der Waals surface area contributed by atoms with Crippen molar-refractivity contribution in [3.05, 3.63) is 29.3 Å². The van der Waals surface area contributed by atoms with E-state index in [4.69, 9.17) is 16.3 Å². The van der Waals surface area contributed by atoms with Crippen molar-refractivity contribution >= 4 is 11.6 Å². The Morgan fingerprint density at radius 1 is 1.14 bits per heavy atom. The van der Waals surface area contributed by atoms with Crippen molar-refractivity contribution in [3.8, 4) is 5.75 Å². The lowest BCUT2D eigenvalue weighted by Crippen LogP contribution is -2.43. The number of benzene rings is 1. The van der Waals surface area contributed by atoms with Crippen LogP contribution in [0.3, 0.4) is 0 Å². The van der Waals surface area contributed by atoms with Crippen LogP contribution in [0.4, 0.5) is 0 Å². The van der Waals surface area contributed by atoms with E-state index in [1.54, 1.807) is 0 Å². The summed E-state index contributed by atoms with van der Waals surface area (Å²) in [6.45, 7) is 8.66. The Bertz CT molecular complexity index is 410. The molecule has 3 heteroatoms. The Balaban J connectivity index is 1.93. The molecule has 1 N–H and O–H groups in total. The Hall–Kier alpha value is -0.730. The Kier molecular flexibility index (Phi) is 6.38. The molecule has 0 aromatic heterocycles. The first-order valence-corrected chi connectivity index (χ1v) is 8.58. The lowest BCUT2D eigenvalue weighted by atomic mass is 9.74. The van der Waals surface area contributed by atoms with Crippen LogP contribution in [0.25, 0.3) is 0 Å². The highest BCUT2D eigenvalue weighted by Gasteiger charge is 2.30. The zero-order valence-electron chi connectivity index (χ0n) is 13.4. The second-order valence-electron chi connectivity index (χ2n) is 6.61. The molecular weight excluding hydrogens is 282 g/mol. The Morgan fingerprint density at radius 3 is 2.33 bits per heavy atom. The monoisotopic (exact) mass is 309 g/mol. The van der Waals surface area contributed by atoms with E-state index in [9.17, 15) is 0 Å². The fourth-order valence-electron chi connectivity index (χ4n) is 3.68. The lowest BCUT2D eigenvalue weighted by Gasteiger charge is -2.36. The molecule has 1 aliphatic rings. The lowest BCUT2D eigenvalue weighted by molar-refractivity contribution is 0.139. The highest BCUT2D eigenvalue weighted by molar-refractivity contribution is 6.30. The SMILES string of the molecule is CCNC(COc1ccc(Cl)cc1)C1CC(C)CC(C)C1. The molecule has 0 amide bonds. The molecule has 1 aliphatic carbocycles. The molecule has 3 unspecified atom stereocenters. The maximum absolute atomic E-state index is 5.98. The van der Waals surface area contributed by atoms with Gasteiger partial charge in [0.05, 0.1) is 0 Å². The average molecular weight is 310 g/mol. The molecule has 2 rings (SSSR count). The number of likely N-dealkylation sites (N-methyl/N-ethyl adjacent to an activating group) is 1. The van der Waals surface area contributed by atoms with E-state index in [1.807, 2.05) is 24.3 Å². The van der Waals surface area contributed by atoms with Crippen molar-refractivity contribution in [3.63, 3.8) is 0 Å². The second kappa shape index (κ2) is 8.05. The molecule has 118 valence electrons. The molecule has 0 bridgehead atoms. The maximum Gasteiger partial charge on any atom is 0.119 e. The summed E-state index contributed by atoms with van der Waals surface area (Å²) in [5, 5.41) is 4.37. The van der Waals surface area contributed by atoms with Crippen molar-refractivity contribution in [2.24, 2.45) is 17.8 Å². The van der Waals surface area contributed by atoms with E-state index in [1.165, 1.54) is 19.3 Å². The first-order chi connectivity index (χ1) is 10.1. The Labute approximate surface area is 134 Å². The van der Waals surface area contributed by atoms with Gasteiger partial charge in [-0.3, -0.25) is 0 Å². The predicted molar refractivity (Wildman–Crippen MR) is 90.1 cm³/mol. The van der Waals surface area contributed by atoms with Gasteiger partial charge in [-0.05, 0) is 67.8 Å². The van der Waals surface area contributed by atoms with Crippen LogP contribution >= 0.6 is 11.6 Å². The summed E-state index contributed by atoms with van der Waals surface area (Å²) in [4.78, 5) is 0. The predicted octanol–water partition coefficient (Wildman–Crippen LogP) is 4.77. The minimum atomic E-state index is 0.441. The highest BCUT2D eigenvalue weighted by Crippen LogP contribution is 2.34. The van der Waals surface area contributed by atoms with Crippen molar-refractivity contribution in [1.82, 2.24) is 5.32 Å². The molecule has 3 atom stereocenters. The number of hydrogen-bond donors (Lipinski definition) is 1. The van der Waals surface area contributed by atoms with E-state index in [0.29, 0.717) is 6.04 Å². The van der Waals surface area contributed by atoms with Gasteiger partial charge in [-0.25, -0.2) is 0 Å². The fraction of sp³-hybridized carbons (Fsp3) is 0.667. The Morgan fingerprint density at radius 2 is 1.76 bits per heavy atom. The summed E-state index contributed by atoms with van der Waals surface area (Å²) in [5.74, 6) is 3.28. The smallest absolute Gasteiger partial charge is 0.119 e. The van der Waals surface area contributed by atoms with Gasteiger partial charge in [-0.2, -0.15) is 0 Å². The summed E-state index contributed by atoms with van der Waals surface area (Å²) in [6.07, 6.45) is 3.99. The third-order valence-electron chi connectivity index (χ3n) is 4.49. The molecule has 1 aromatic carbocycles. The summed E-state index contributed by atoms with van der Waals surface area (Å²) < 4.78 is 5.98. The molecule has 0 radical (unpaired) electrons. The van der Waals surface area contributed by atoms with Crippen LogP contribution < -0.4 is 10.1 Å². The number of halogens is 1. The highest BCUT2D eigenvalue weighted by atomic mass is 35.5. The zero-order chi connectivity index (χ0) is 15.2. The zero-order valence-corrected chi connectivity index (χ0v) is 14.2. The molecule has 2 nitrogen and oxygen atoms in total. The number of hydrogen-bond acceptors (Lipinski definition) is 2. The molecule has 0 saturated heterocycles. The van der Waals surface area contributed by atoms with Gasteiger partial charge >= 0.3 is 0 Å². The summed E-state index contributed by atoms with van der Waals surface area (Å²) in [6, 6.07) is 8.08. The van der Waals surface area contributed by atoms with Gasteiger partial charge in [-0.15, -0.1) is 0 Å². The van der Waals surface area contributed by atoms with Crippen LogP contribution in [0.2, 0.25) is 5.02 Å². The van der Waals surface area contributed by atoms with Gasteiger partial charge in [0, 0.05) is 11.1 Å². The second-order valence-corrected chi connectivity index (χ2v) is 7.04. The molecule has 0 heterocycles. The van der Waals surface area contributed by atoms with Gasteiger partial charge < -0.3 is 10.1 Å². The van der Waals surface area contributed by atoms with E-state index in [0.717, 1.165) is 41.7 Å². The largest absolute Gasteiger partial charge is 0.492 e. The minimum Gasteiger partial charge on any atom is -0.492 e. The molecule has 0 spiro atoms. The van der Waals surface area contributed by atoms with Gasteiger partial charge in [0.25, 0.3) is 0 Å². The number of rotatable bonds is 6. The van der Waals surface area contributed by atoms with E-state index in [2.05, 4.69) is 26.1 Å². The molecule has 1 saturated carbocycles. The standard InChI is InChI=1S/C18H28ClNO/c1-4-20-18(15-10-13(2)9-14(3)11-15)12-21-17-7-5-16(19)6-8-17/h5-8,13-15,18,20H,4,9-12H2,1-3H3. The van der Waals surface area contributed by atoms with Crippen LogP contribution in [0.5, 0.6) is 5.75 Å². The number of nitrogens with one attached hydrogen (secondary N) is 1. The maximum atomic E-state index is 5.98. The van der Waals surface area contributed by atoms with Crippen molar-refractivity contribution in [2.75, 3.05) is 13.2 Å². The van der Waals surface area contributed by atoms with Gasteiger partial charge in [-0.1, -0.05) is 32.4 Å². The third kappa shape index (κ3) is 5.19. The average Bonchev–Trinajstić information content (AvgIpc) is 2.44. The van der Waals surface area contributed by atoms with Crippen molar-refractivity contribution in [1.29, 1.82) is 0 Å². The van der Waals surface area contributed by atoms with E-state index < -0.39 is 0 Å². The van der Waals surface area contributed by atoms with Crippen LogP contribution in [-0.4, -0.2) is 19.2 Å². The minimum absolute atomic E-state index is 0.441. The molecule has 0 aliphatic heterocycles.